The van der Waals surface area contributed by atoms with E-state index in [0.717, 1.165) is 24.1 Å². The average molecular weight is 372 g/mol. The van der Waals surface area contributed by atoms with Gasteiger partial charge in [0.2, 0.25) is 11.8 Å². The van der Waals surface area contributed by atoms with E-state index >= 15 is 0 Å². The van der Waals surface area contributed by atoms with Crippen molar-refractivity contribution in [1.29, 1.82) is 0 Å². The smallest absolute Gasteiger partial charge is 0.223 e. The van der Waals surface area contributed by atoms with E-state index in [0.29, 0.717) is 19.7 Å². The lowest BCUT2D eigenvalue weighted by Crippen LogP contribution is -2.36. The van der Waals surface area contributed by atoms with Gasteiger partial charge in [-0.2, -0.15) is 0 Å². The third-order valence-electron chi connectivity index (χ3n) is 4.52. The number of rotatable bonds is 7. The number of nitrogens with zero attached hydrogens (tertiary/aromatic N) is 1. The first-order valence-corrected chi connectivity index (χ1v) is 9.70. The number of carbonyl (C=O) groups is 2. The minimum Gasteiger partial charge on any atom is -0.380 e. The van der Waals surface area contributed by atoms with E-state index < -0.39 is 0 Å². The molecule has 1 aromatic carbocycles. The molecule has 0 fully saturated rings. The maximum absolute atomic E-state index is 12.4. The molecule has 2 aromatic rings. The second-order valence-corrected chi connectivity index (χ2v) is 7.46. The summed E-state index contributed by atoms with van der Waals surface area (Å²) in [6.07, 6.45) is 1.40. The number of amides is 2. The van der Waals surface area contributed by atoms with Crippen LogP contribution >= 0.6 is 11.3 Å². The van der Waals surface area contributed by atoms with Gasteiger partial charge >= 0.3 is 0 Å². The van der Waals surface area contributed by atoms with Crippen LogP contribution in [0.4, 0.5) is 0 Å². The van der Waals surface area contributed by atoms with Gasteiger partial charge in [-0.3, -0.25) is 9.59 Å². The molecule has 5 nitrogen and oxygen atoms in total. The van der Waals surface area contributed by atoms with Crippen LogP contribution in [0.3, 0.4) is 0 Å². The third-order valence-corrected chi connectivity index (χ3v) is 5.54. The molecule has 0 spiro atoms. The van der Waals surface area contributed by atoms with Crippen LogP contribution in [0.15, 0.2) is 35.7 Å². The molecule has 1 N–H and O–H groups in total. The normalized spacial score (nSPS) is 13.3. The van der Waals surface area contributed by atoms with Crippen LogP contribution in [0.1, 0.15) is 34.4 Å². The van der Waals surface area contributed by atoms with Crippen molar-refractivity contribution in [2.75, 3.05) is 13.7 Å². The number of thiophene rings is 1. The van der Waals surface area contributed by atoms with Gasteiger partial charge in [-0.15, -0.1) is 11.3 Å². The quantitative estimate of drug-likeness (QED) is 0.813. The first-order valence-electron chi connectivity index (χ1n) is 8.82. The van der Waals surface area contributed by atoms with Gasteiger partial charge in [0.15, 0.2) is 0 Å². The molecule has 0 bridgehead atoms. The highest BCUT2D eigenvalue weighted by Crippen LogP contribution is 2.24. The predicted octanol–water partition coefficient (Wildman–Crippen LogP) is 2.88. The van der Waals surface area contributed by atoms with Crippen LogP contribution in [0.2, 0.25) is 0 Å². The van der Waals surface area contributed by atoms with Crippen molar-refractivity contribution in [2.24, 2.45) is 0 Å². The topological polar surface area (TPSA) is 58.6 Å². The summed E-state index contributed by atoms with van der Waals surface area (Å²) in [6, 6.07) is 10.0. The number of carbonyl (C=O) groups excluding carboxylic acids is 2. The van der Waals surface area contributed by atoms with Crippen LogP contribution in [0.5, 0.6) is 0 Å². The number of hydrogen-bond acceptors (Lipinski definition) is 4. The van der Waals surface area contributed by atoms with E-state index in [1.807, 2.05) is 29.2 Å². The van der Waals surface area contributed by atoms with E-state index in [-0.39, 0.29) is 24.7 Å². The van der Waals surface area contributed by atoms with Crippen molar-refractivity contribution in [2.45, 2.75) is 39.0 Å². The molecule has 26 heavy (non-hydrogen) atoms. The zero-order chi connectivity index (χ0) is 18.4. The first kappa shape index (κ1) is 18.6. The van der Waals surface area contributed by atoms with E-state index in [9.17, 15) is 9.59 Å². The number of methoxy groups -OCH3 is 1. The molecule has 3 rings (SSSR count). The van der Waals surface area contributed by atoms with Crippen molar-refractivity contribution >= 4 is 23.2 Å². The fourth-order valence-electron chi connectivity index (χ4n) is 3.13. The molecular formula is C20H24N2O3S. The molecular weight excluding hydrogens is 348 g/mol. The summed E-state index contributed by atoms with van der Waals surface area (Å²) >= 11 is 1.76. The summed E-state index contributed by atoms with van der Waals surface area (Å²) in [4.78, 5) is 27.7. The Morgan fingerprint density at radius 3 is 2.92 bits per heavy atom. The summed E-state index contributed by atoms with van der Waals surface area (Å²) in [6.45, 7) is 2.44. The Morgan fingerprint density at radius 2 is 2.08 bits per heavy atom. The maximum Gasteiger partial charge on any atom is 0.223 e. The number of nitrogens with one attached hydrogen (secondary N) is 1. The molecule has 0 radical (unpaired) electrons. The molecule has 1 aromatic heterocycles. The SMILES string of the molecule is COCc1cccc(CNC(=O)CCC(=O)N2CCc3sccc3C2)c1. The first-order chi connectivity index (χ1) is 12.7. The molecule has 2 amide bonds. The van der Waals surface area contributed by atoms with Gasteiger partial charge in [0.05, 0.1) is 6.61 Å². The van der Waals surface area contributed by atoms with Gasteiger partial charge in [-0.05, 0) is 34.6 Å². The fourth-order valence-corrected chi connectivity index (χ4v) is 4.01. The van der Waals surface area contributed by atoms with Crippen molar-refractivity contribution in [1.82, 2.24) is 10.2 Å². The number of ether oxygens (including phenoxy) is 1. The second kappa shape index (κ2) is 8.96. The maximum atomic E-state index is 12.4. The Balaban J connectivity index is 1.41. The molecule has 0 atom stereocenters. The predicted molar refractivity (Wildman–Crippen MR) is 102 cm³/mol. The fraction of sp³-hybridized carbons (Fsp3) is 0.400. The van der Waals surface area contributed by atoms with Gasteiger partial charge in [0.25, 0.3) is 0 Å². The molecule has 0 saturated heterocycles. The number of hydrogen-bond donors (Lipinski definition) is 1. The van der Waals surface area contributed by atoms with E-state index in [2.05, 4.69) is 16.8 Å². The molecule has 0 aliphatic carbocycles. The molecule has 1 aliphatic heterocycles. The van der Waals surface area contributed by atoms with Crippen LogP contribution in [-0.4, -0.2) is 30.4 Å². The minimum absolute atomic E-state index is 0.0547. The Morgan fingerprint density at radius 1 is 1.23 bits per heavy atom. The van der Waals surface area contributed by atoms with Crippen LogP contribution in [0, 0.1) is 0 Å². The minimum atomic E-state index is -0.0938. The van der Waals surface area contributed by atoms with Crippen LogP contribution < -0.4 is 5.32 Å². The lowest BCUT2D eigenvalue weighted by atomic mass is 10.1. The zero-order valence-corrected chi connectivity index (χ0v) is 15.8. The van der Waals surface area contributed by atoms with Crippen molar-refractivity contribution < 1.29 is 14.3 Å². The monoisotopic (exact) mass is 372 g/mol. The van der Waals surface area contributed by atoms with Gasteiger partial charge in [0, 0.05) is 44.5 Å². The second-order valence-electron chi connectivity index (χ2n) is 6.46. The van der Waals surface area contributed by atoms with Gasteiger partial charge in [-0.1, -0.05) is 24.3 Å². The van der Waals surface area contributed by atoms with Crippen LogP contribution in [0.25, 0.3) is 0 Å². The van der Waals surface area contributed by atoms with Gasteiger partial charge < -0.3 is 15.0 Å². The van der Waals surface area contributed by atoms with Gasteiger partial charge in [-0.25, -0.2) is 0 Å². The lowest BCUT2D eigenvalue weighted by molar-refractivity contribution is -0.134. The summed E-state index contributed by atoms with van der Waals surface area (Å²) in [5, 5.41) is 4.97. The average Bonchev–Trinajstić information content (AvgIpc) is 3.13. The Bertz CT molecular complexity index is 772. The molecule has 0 unspecified atom stereocenters. The van der Waals surface area contributed by atoms with E-state index in [4.69, 9.17) is 4.74 Å². The molecule has 2 heterocycles. The molecule has 1 aliphatic rings. The third kappa shape index (κ3) is 4.93. The number of fused-ring (bicyclic) bond motifs is 1. The van der Waals surface area contributed by atoms with Crippen molar-refractivity contribution in [3.8, 4) is 0 Å². The Hall–Kier alpha value is -2.18. The molecule has 6 heteroatoms. The lowest BCUT2D eigenvalue weighted by Gasteiger charge is -2.27. The Kier molecular flexibility index (Phi) is 6.41. The van der Waals surface area contributed by atoms with Crippen molar-refractivity contribution in [3.05, 3.63) is 57.3 Å². The summed E-state index contributed by atoms with van der Waals surface area (Å²) in [5.74, 6) is -0.0391. The highest BCUT2D eigenvalue weighted by molar-refractivity contribution is 7.10. The van der Waals surface area contributed by atoms with Gasteiger partial charge in [0.1, 0.15) is 0 Å². The molecule has 138 valence electrons. The summed E-state index contributed by atoms with van der Waals surface area (Å²) in [7, 11) is 1.66. The highest BCUT2D eigenvalue weighted by atomic mass is 32.1. The highest BCUT2D eigenvalue weighted by Gasteiger charge is 2.21. The summed E-state index contributed by atoms with van der Waals surface area (Å²) < 4.78 is 5.12. The van der Waals surface area contributed by atoms with E-state index in [1.165, 1.54) is 10.4 Å². The largest absolute Gasteiger partial charge is 0.380 e. The number of benzene rings is 1. The van der Waals surface area contributed by atoms with E-state index in [1.54, 1.807) is 18.4 Å². The Labute approximate surface area is 158 Å². The van der Waals surface area contributed by atoms with Crippen LogP contribution in [-0.2, 0) is 40.4 Å². The standard InChI is InChI=1S/C20H24N2O3S/c1-25-14-16-4-2-3-15(11-16)12-21-19(23)5-6-20(24)22-9-7-18-17(13-22)8-10-26-18/h2-4,8,10-11H,5-7,9,12-14H2,1H3,(H,21,23). The van der Waals surface area contributed by atoms with Crippen molar-refractivity contribution in [3.63, 3.8) is 0 Å². The zero-order valence-electron chi connectivity index (χ0n) is 15.0. The molecule has 0 saturated carbocycles. The summed E-state index contributed by atoms with van der Waals surface area (Å²) in [5.41, 5.74) is 3.35.